The third kappa shape index (κ3) is 4.41. The summed E-state index contributed by atoms with van der Waals surface area (Å²) in [5, 5.41) is 0. The van der Waals surface area contributed by atoms with Crippen LogP contribution >= 0.6 is 0 Å². The second-order valence-corrected chi connectivity index (χ2v) is 7.42. The minimum absolute atomic E-state index is 0.266. The van der Waals surface area contributed by atoms with Crippen LogP contribution in [0.1, 0.15) is 24.8 Å². The van der Waals surface area contributed by atoms with Crippen molar-refractivity contribution in [1.29, 1.82) is 0 Å². The Hall–Kier alpha value is -2.56. The molecule has 0 radical (unpaired) electrons. The summed E-state index contributed by atoms with van der Waals surface area (Å²) >= 11 is 0. The molecule has 1 amide bonds. The number of aryl methyl sites for hydroxylation is 1. The van der Waals surface area contributed by atoms with Crippen LogP contribution in [0.5, 0.6) is 0 Å². The molecule has 0 unspecified atom stereocenters. The van der Waals surface area contributed by atoms with Crippen LogP contribution in [-0.2, 0) is 11.2 Å². The number of anilines is 2. The smallest absolute Gasteiger partial charge is 0.223 e. The summed E-state index contributed by atoms with van der Waals surface area (Å²) in [7, 11) is 0. The molecule has 1 aromatic heterocycles. The van der Waals surface area contributed by atoms with E-state index < -0.39 is 0 Å². The van der Waals surface area contributed by atoms with Gasteiger partial charge in [0.1, 0.15) is 5.82 Å². The van der Waals surface area contributed by atoms with E-state index in [9.17, 15) is 4.79 Å². The number of amides is 1. The quantitative estimate of drug-likeness (QED) is 0.818. The molecule has 0 atom stereocenters. The first-order valence-electron chi connectivity index (χ1n) is 10.1. The van der Waals surface area contributed by atoms with Crippen molar-refractivity contribution in [2.75, 3.05) is 49.1 Å². The Bertz CT molecular complexity index is 750. The van der Waals surface area contributed by atoms with Crippen molar-refractivity contribution in [1.82, 2.24) is 9.88 Å². The van der Waals surface area contributed by atoms with Gasteiger partial charge in [-0.05, 0) is 49.1 Å². The van der Waals surface area contributed by atoms with Crippen LogP contribution in [0.25, 0.3) is 0 Å². The number of carbonyl (C=O) groups is 1. The molecule has 2 saturated heterocycles. The molecule has 2 aliphatic rings. The maximum Gasteiger partial charge on any atom is 0.223 e. The van der Waals surface area contributed by atoms with E-state index in [1.165, 1.54) is 24.1 Å². The van der Waals surface area contributed by atoms with E-state index in [2.05, 4.69) is 45.1 Å². The molecule has 5 nitrogen and oxygen atoms in total. The number of para-hydroxylation sites is 1. The Morgan fingerprint density at radius 2 is 1.63 bits per heavy atom. The van der Waals surface area contributed by atoms with Gasteiger partial charge in [-0.3, -0.25) is 4.79 Å². The molecular formula is C22H28N4O. The largest absolute Gasteiger partial charge is 0.368 e. The predicted octanol–water partition coefficient (Wildman–Crippen LogP) is 2.96. The highest BCUT2D eigenvalue weighted by Crippen LogP contribution is 2.20. The molecule has 2 aliphatic heterocycles. The van der Waals surface area contributed by atoms with Crippen LogP contribution in [0.2, 0.25) is 0 Å². The first kappa shape index (κ1) is 17.8. The van der Waals surface area contributed by atoms with E-state index in [1.807, 2.05) is 23.2 Å². The van der Waals surface area contributed by atoms with Gasteiger partial charge in [0.2, 0.25) is 5.91 Å². The summed E-state index contributed by atoms with van der Waals surface area (Å²) in [6.45, 7) is 5.63. The van der Waals surface area contributed by atoms with Crippen LogP contribution in [-0.4, -0.2) is 55.1 Å². The average Bonchev–Trinajstić information content (AvgIpc) is 3.28. The highest BCUT2D eigenvalue weighted by molar-refractivity contribution is 5.76. The second-order valence-electron chi connectivity index (χ2n) is 7.42. The van der Waals surface area contributed by atoms with Crippen molar-refractivity contribution >= 4 is 17.4 Å². The molecule has 0 spiro atoms. The predicted molar refractivity (Wildman–Crippen MR) is 109 cm³/mol. The van der Waals surface area contributed by atoms with Crippen LogP contribution in [0, 0.1) is 0 Å². The summed E-state index contributed by atoms with van der Waals surface area (Å²) in [5.74, 6) is 1.33. The van der Waals surface area contributed by atoms with Crippen LogP contribution in [0.15, 0.2) is 48.7 Å². The highest BCUT2D eigenvalue weighted by atomic mass is 16.2. The van der Waals surface area contributed by atoms with Gasteiger partial charge in [-0.2, -0.15) is 0 Å². The Labute approximate surface area is 161 Å². The molecular weight excluding hydrogens is 336 g/mol. The maximum absolute atomic E-state index is 12.6. The molecule has 2 fully saturated rings. The first-order chi connectivity index (χ1) is 13.3. The van der Waals surface area contributed by atoms with Gasteiger partial charge < -0.3 is 14.7 Å². The van der Waals surface area contributed by atoms with Gasteiger partial charge in [0.25, 0.3) is 0 Å². The molecule has 0 bridgehead atoms. The Balaban J connectivity index is 1.27. The van der Waals surface area contributed by atoms with Crippen molar-refractivity contribution in [3.05, 3.63) is 54.2 Å². The van der Waals surface area contributed by atoms with E-state index in [0.717, 1.165) is 51.5 Å². The van der Waals surface area contributed by atoms with Gasteiger partial charge in [-0.1, -0.05) is 18.2 Å². The normalized spacial score (nSPS) is 17.4. The van der Waals surface area contributed by atoms with Crippen molar-refractivity contribution in [2.45, 2.75) is 25.7 Å². The Morgan fingerprint density at radius 3 is 2.37 bits per heavy atom. The molecule has 4 rings (SSSR count). The number of carbonyl (C=O) groups excluding carboxylic acids is 1. The monoisotopic (exact) mass is 364 g/mol. The number of pyridine rings is 1. The van der Waals surface area contributed by atoms with Crippen molar-refractivity contribution < 1.29 is 4.79 Å². The van der Waals surface area contributed by atoms with E-state index in [-0.39, 0.29) is 5.91 Å². The van der Waals surface area contributed by atoms with E-state index in [0.29, 0.717) is 6.42 Å². The molecule has 142 valence electrons. The first-order valence-corrected chi connectivity index (χ1v) is 10.1. The maximum atomic E-state index is 12.6. The van der Waals surface area contributed by atoms with Gasteiger partial charge in [0.05, 0.1) is 0 Å². The third-order valence-corrected chi connectivity index (χ3v) is 5.62. The van der Waals surface area contributed by atoms with Crippen molar-refractivity contribution in [3.8, 4) is 0 Å². The van der Waals surface area contributed by atoms with E-state index >= 15 is 0 Å². The summed E-state index contributed by atoms with van der Waals surface area (Å²) in [4.78, 5) is 23.9. The lowest BCUT2D eigenvalue weighted by molar-refractivity contribution is -0.131. The lowest BCUT2D eigenvalue weighted by Gasteiger charge is -2.36. The van der Waals surface area contributed by atoms with Gasteiger partial charge in [0.15, 0.2) is 0 Å². The number of benzene rings is 1. The average molecular weight is 364 g/mol. The molecule has 5 heteroatoms. The van der Waals surface area contributed by atoms with Gasteiger partial charge >= 0.3 is 0 Å². The second kappa shape index (κ2) is 8.42. The molecule has 3 heterocycles. The fraction of sp³-hybridized carbons (Fsp3) is 0.455. The summed E-state index contributed by atoms with van der Waals surface area (Å²) in [5.41, 5.74) is 2.46. The highest BCUT2D eigenvalue weighted by Gasteiger charge is 2.21. The number of rotatable bonds is 5. The van der Waals surface area contributed by atoms with E-state index in [4.69, 9.17) is 0 Å². The SMILES string of the molecule is O=C(CCc1ccnc(N2CCCC2)c1)N1CCN(c2ccccc2)CC1. The van der Waals surface area contributed by atoms with Crippen LogP contribution < -0.4 is 9.80 Å². The van der Waals surface area contributed by atoms with Crippen LogP contribution in [0.3, 0.4) is 0 Å². The van der Waals surface area contributed by atoms with Crippen molar-refractivity contribution in [3.63, 3.8) is 0 Å². The zero-order valence-electron chi connectivity index (χ0n) is 15.9. The molecule has 1 aromatic carbocycles. The molecule has 0 N–H and O–H groups in total. The molecule has 27 heavy (non-hydrogen) atoms. The topological polar surface area (TPSA) is 39.7 Å². The number of hydrogen-bond acceptors (Lipinski definition) is 4. The minimum Gasteiger partial charge on any atom is -0.368 e. The Kier molecular flexibility index (Phi) is 5.56. The number of aromatic nitrogens is 1. The number of hydrogen-bond donors (Lipinski definition) is 0. The minimum atomic E-state index is 0.266. The molecule has 0 aliphatic carbocycles. The van der Waals surface area contributed by atoms with Crippen molar-refractivity contribution in [2.24, 2.45) is 0 Å². The summed E-state index contributed by atoms with van der Waals surface area (Å²) < 4.78 is 0. The zero-order chi connectivity index (χ0) is 18.5. The van der Waals surface area contributed by atoms with Gasteiger partial charge in [0, 0.05) is 57.6 Å². The summed E-state index contributed by atoms with van der Waals surface area (Å²) in [6, 6.07) is 14.7. The third-order valence-electron chi connectivity index (χ3n) is 5.62. The lowest BCUT2D eigenvalue weighted by Crippen LogP contribution is -2.48. The zero-order valence-corrected chi connectivity index (χ0v) is 15.9. The number of nitrogens with zero attached hydrogens (tertiary/aromatic N) is 4. The van der Waals surface area contributed by atoms with Gasteiger partial charge in [-0.15, -0.1) is 0 Å². The van der Waals surface area contributed by atoms with Crippen LogP contribution in [0.4, 0.5) is 11.5 Å². The number of piperazine rings is 1. The Morgan fingerprint density at radius 1 is 0.889 bits per heavy atom. The van der Waals surface area contributed by atoms with Gasteiger partial charge in [-0.25, -0.2) is 4.98 Å². The molecule has 2 aromatic rings. The fourth-order valence-corrected chi connectivity index (χ4v) is 4.00. The summed E-state index contributed by atoms with van der Waals surface area (Å²) in [6.07, 6.45) is 5.75. The van der Waals surface area contributed by atoms with E-state index in [1.54, 1.807) is 0 Å². The lowest BCUT2D eigenvalue weighted by atomic mass is 10.1. The molecule has 0 saturated carbocycles. The standard InChI is InChI=1S/C22H28N4O/c27-22(26-16-14-24(15-17-26)20-6-2-1-3-7-20)9-8-19-10-11-23-21(18-19)25-12-4-5-13-25/h1-3,6-7,10-11,18H,4-5,8-9,12-17H2. The fourth-order valence-electron chi connectivity index (χ4n) is 4.00.